The second kappa shape index (κ2) is 7.97. The van der Waals surface area contributed by atoms with Crippen LogP contribution in [0.4, 0.5) is 11.4 Å². The van der Waals surface area contributed by atoms with Gasteiger partial charge in [-0.1, -0.05) is 31.5 Å². The Labute approximate surface area is 142 Å². The fourth-order valence-electron chi connectivity index (χ4n) is 2.05. The number of nitrogens with one attached hydrogen (secondary N) is 2. The number of pyridine rings is 1. The van der Waals surface area contributed by atoms with Gasteiger partial charge in [-0.3, -0.25) is 4.79 Å². The molecule has 0 radical (unpaired) electrons. The third-order valence-electron chi connectivity index (χ3n) is 3.49. The number of carbonyl (C=O) groups excluding carboxylic acids is 1. The maximum Gasteiger partial charge on any atom is 0.274 e. The van der Waals surface area contributed by atoms with Gasteiger partial charge in [0, 0.05) is 17.3 Å². The Morgan fingerprint density at radius 2 is 2.04 bits per heavy atom. The molecule has 2 rings (SSSR count). The van der Waals surface area contributed by atoms with Crippen molar-refractivity contribution >= 4 is 28.9 Å². The van der Waals surface area contributed by atoms with Crippen LogP contribution < -0.4 is 10.6 Å². The highest BCUT2D eigenvalue weighted by molar-refractivity contribution is 6.31. The molecule has 122 valence electrons. The van der Waals surface area contributed by atoms with Crippen LogP contribution in [-0.2, 0) is 0 Å². The van der Waals surface area contributed by atoms with Gasteiger partial charge in [-0.25, -0.2) is 4.98 Å². The van der Waals surface area contributed by atoms with E-state index in [1.165, 1.54) is 0 Å². The molecule has 23 heavy (non-hydrogen) atoms. The minimum absolute atomic E-state index is 0.246. The summed E-state index contributed by atoms with van der Waals surface area (Å²) in [5, 5.41) is 6.72. The van der Waals surface area contributed by atoms with Crippen LogP contribution in [0.15, 0.2) is 36.5 Å². The average molecular weight is 332 g/mol. The molecular weight excluding hydrogens is 310 g/mol. The molecule has 1 aromatic carbocycles. The minimum Gasteiger partial charge on any atom is -0.384 e. The third kappa shape index (κ3) is 5.25. The van der Waals surface area contributed by atoms with Crippen molar-refractivity contribution in [3.05, 3.63) is 52.8 Å². The van der Waals surface area contributed by atoms with Crippen LogP contribution in [0.1, 0.15) is 36.3 Å². The van der Waals surface area contributed by atoms with E-state index in [4.69, 9.17) is 11.6 Å². The van der Waals surface area contributed by atoms with E-state index in [2.05, 4.69) is 29.5 Å². The first-order valence-electron chi connectivity index (χ1n) is 7.73. The molecule has 1 aromatic heterocycles. The van der Waals surface area contributed by atoms with Crippen LogP contribution in [0.25, 0.3) is 0 Å². The molecule has 5 heteroatoms. The Kier molecular flexibility index (Phi) is 5.99. The Balaban J connectivity index is 1.98. The summed E-state index contributed by atoms with van der Waals surface area (Å²) in [4.78, 5) is 16.5. The zero-order chi connectivity index (χ0) is 16.8. The number of aryl methyl sites for hydroxylation is 1. The van der Waals surface area contributed by atoms with E-state index >= 15 is 0 Å². The Morgan fingerprint density at radius 3 is 2.70 bits per heavy atom. The second-order valence-corrected chi connectivity index (χ2v) is 6.39. The maximum absolute atomic E-state index is 12.3. The monoisotopic (exact) mass is 331 g/mol. The summed E-state index contributed by atoms with van der Waals surface area (Å²) in [6.45, 7) is 7.18. The van der Waals surface area contributed by atoms with Gasteiger partial charge in [-0.2, -0.15) is 0 Å². The zero-order valence-corrected chi connectivity index (χ0v) is 14.4. The van der Waals surface area contributed by atoms with E-state index in [-0.39, 0.29) is 5.91 Å². The minimum atomic E-state index is -0.246. The van der Waals surface area contributed by atoms with Crippen LogP contribution >= 0.6 is 11.6 Å². The topological polar surface area (TPSA) is 54.0 Å². The highest BCUT2D eigenvalue weighted by Gasteiger charge is 2.09. The molecule has 0 bridgehead atoms. The summed E-state index contributed by atoms with van der Waals surface area (Å²) in [5.74, 6) is 0.408. The van der Waals surface area contributed by atoms with E-state index in [1.807, 2.05) is 19.1 Å². The molecule has 0 aliphatic heterocycles. The maximum atomic E-state index is 12.3. The van der Waals surface area contributed by atoms with Crippen LogP contribution in [-0.4, -0.2) is 17.4 Å². The van der Waals surface area contributed by atoms with Crippen molar-refractivity contribution in [2.24, 2.45) is 5.92 Å². The molecule has 0 atom stereocenters. The van der Waals surface area contributed by atoms with E-state index in [1.54, 1.807) is 24.4 Å². The number of carbonyl (C=O) groups is 1. The number of rotatable bonds is 6. The molecule has 0 spiro atoms. The molecule has 2 N–H and O–H groups in total. The lowest BCUT2D eigenvalue weighted by atomic mass is 10.1. The van der Waals surface area contributed by atoms with Crippen molar-refractivity contribution in [1.29, 1.82) is 0 Å². The van der Waals surface area contributed by atoms with Crippen molar-refractivity contribution in [2.75, 3.05) is 17.2 Å². The number of aromatic nitrogens is 1. The average Bonchev–Trinajstić information content (AvgIpc) is 2.51. The van der Waals surface area contributed by atoms with Gasteiger partial charge in [0.1, 0.15) is 5.69 Å². The molecule has 0 aliphatic carbocycles. The molecular formula is C18H22ClN3O. The van der Waals surface area contributed by atoms with E-state index < -0.39 is 0 Å². The molecule has 1 amide bonds. The van der Waals surface area contributed by atoms with Gasteiger partial charge in [0.05, 0.1) is 11.9 Å². The standard InChI is InChI=1S/C18H22ClN3O/c1-12(2)8-9-20-15-6-7-16(21-11-15)18(23)22-17-10-14(19)5-4-13(17)3/h4-7,10-12,20H,8-9H2,1-3H3,(H,22,23). The van der Waals surface area contributed by atoms with Gasteiger partial charge in [-0.15, -0.1) is 0 Å². The molecule has 0 unspecified atom stereocenters. The van der Waals surface area contributed by atoms with Gasteiger partial charge in [-0.05, 0) is 49.1 Å². The highest BCUT2D eigenvalue weighted by atomic mass is 35.5. The molecule has 2 aromatic rings. The fourth-order valence-corrected chi connectivity index (χ4v) is 2.23. The Hall–Kier alpha value is -2.07. The molecule has 0 saturated carbocycles. The number of halogens is 1. The Bertz CT molecular complexity index is 668. The number of hydrogen-bond donors (Lipinski definition) is 2. The third-order valence-corrected chi connectivity index (χ3v) is 3.73. The van der Waals surface area contributed by atoms with Crippen LogP contribution in [0.2, 0.25) is 5.02 Å². The van der Waals surface area contributed by atoms with Gasteiger partial charge < -0.3 is 10.6 Å². The van der Waals surface area contributed by atoms with Gasteiger partial charge >= 0.3 is 0 Å². The first kappa shape index (κ1) is 17.3. The largest absolute Gasteiger partial charge is 0.384 e. The summed E-state index contributed by atoms with van der Waals surface area (Å²) in [6, 6.07) is 8.98. The van der Waals surface area contributed by atoms with E-state index in [9.17, 15) is 4.79 Å². The zero-order valence-electron chi connectivity index (χ0n) is 13.7. The first-order valence-corrected chi connectivity index (χ1v) is 8.11. The number of amides is 1. The van der Waals surface area contributed by atoms with Crippen molar-refractivity contribution in [3.63, 3.8) is 0 Å². The van der Waals surface area contributed by atoms with Gasteiger partial charge in [0.25, 0.3) is 5.91 Å². The molecule has 0 fully saturated rings. The molecule has 1 heterocycles. The number of nitrogens with zero attached hydrogens (tertiary/aromatic N) is 1. The fraction of sp³-hybridized carbons (Fsp3) is 0.333. The number of hydrogen-bond acceptors (Lipinski definition) is 3. The molecule has 4 nitrogen and oxygen atoms in total. The van der Waals surface area contributed by atoms with E-state index in [0.29, 0.717) is 22.3 Å². The first-order chi connectivity index (χ1) is 11.0. The van der Waals surface area contributed by atoms with Crippen LogP contribution in [0.5, 0.6) is 0 Å². The predicted octanol–water partition coefficient (Wildman–Crippen LogP) is 4.75. The number of anilines is 2. The summed E-state index contributed by atoms with van der Waals surface area (Å²) < 4.78 is 0. The van der Waals surface area contributed by atoms with Gasteiger partial charge in [0.15, 0.2) is 0 Å². The normalized spacial score (nSPS) is 10.7. The molecule has 0 saturated heterocycles. The van der Waals surface area contributed by atoms with Crippen molar-refractivity contribution in [2.45, 2.75) is 27.2 Å². The Morgan fingerprint density at radius 1 is 1.26 bits per heavy atom. The summed E-state index contributed by atoms with van der Waals surface area (Å²) in [5.41, 5.74) is 2.94. The lowest BCUT2D eigenvalue weighted by Crippen LogP contribution is -2.14. The van der Waals surface area contributed by atoms with Crippen LogP contribution in [0, 0.1) is 12.8 Å². The van der Waals surface area contributed by atoms with Crippen molar-refractivity contribution in [1.82, 2.24) is 4.98 Å². The molecule has 0 aliphatic rings. The lowest BCUT2D eigenvalue weighted by molar-refractivity contribution is 0.102. The van der Waals surface area contributed by atoms with Gasteiger partial charge in [0.2, 0.25) is 0 Å². The summed E-state index contributed by atoms with van der Waals surface area (Å²) >= 11 is 5.96. The van der Waals surface area contributed by atoms with Crippen molar-refractivity contribution in [3.8, 4) is 0 Å². The lowest BCUT2D eigenvalue weighted by Gasteiger charge is -2.10. The van der Waals surface area contributed by atoms with E-state index in [0.717, 1.165) is 24.2 Å². The highest BCUT2D eigenvalue weighted by Crippen LogP contribution is 2.20. The summed E-state index contributed by atoms with van der Waals surface area (Å²) in [7, 11) is 0. The second-order valence-electron chi connectivity index (χ2n) is 5.95. The quantitative estimate of drug-likeness (QED) is 0.802. The van der Waals surface area contributed by atoms with Crippen molar-refractivity contribution < 1.29 is 4.79 Å². The summed E-state index contributed by atoms with van der Waals surface area (Å²) in [6.07, 6.45) is 2.77. The smallest absolute Gasteiger partial charge is 0.274 e. The predicted molar refractivity (Wildman–Crippen MR) is 96.3 cm³/mol. The number of benzene rings is 1. The van der Waals surface area contributed by atoms with Crippen LogP contribution in [0.3, 0.4) is 0 Å². The SMILES string of the molecule is Cc1ccc(Cl)cc1NC(=O)c1ccc(NCCC(C)C)cn1.